The Morgan fingerprint density at radius 2 is 2.12 bits per heavy atom. The third-order valence-electron chi connectivity index (χ3n) is 2.16. The van der Waals surface area contributed by atoms with Gasteiger partial charge in [-0.05, 0) is 30.2 Å². The van der Waals surface area contributed by atoms with Crippen molar-refractivity contribution in [3.8, 4) is 17.6 Å². The molecule has 1 unspecified atom stereocenters. The van der Waals surface area contributed by atoms with Crippen molar-refractivity contribution in [3.63, 3.8) is 0 Å². The number of methoxy groups -OCH3 is 1. The van der Waals surface area contributed by atoms with Gasteiger partial charge in [0.15, 0.2) is 0 Å². The number of rotatable bonds is 4. The Bertz CT molecular complexity index is 436. The van der Waals surface area contributed by atoms with Crippen molar-refractivity contribution < 1.29 is 4.74 Å². The zero-order valence-corrected chi connectivity index (χ0v) is 9.34. The number of hydrogen-bond donors (Lipinski definition) is 0. The van der Waals surface area contributed by atoms with Crippen LogP contribution in [0.3, 0.4) is 0 Å². The first-order valence-electron chi connectivity index (χ1n) is 4.89. The van der Waals surface area contributed by atoms with Gasteiger partial charge in [0.25, 0.3) is 0 Å². The number of hydrogen-bond acceptors (Lipinski definition) is 2. The Labute approximate surface area is 94.9 Å². The predicted octanol–water partition coefficient (Wildman–Crippen LogP) is 3.11. The molecule has 0 aliphatic rings. The van der Waals surface area contributed by atoms with Crippen molar-refractivity contribution >= 4 is 0 Å². The summed E-state index contributed by atoms with van der Waals surface area (Å²) >= 11 is 0. The van der Waals surface area contributed by atoms with E-state index >= 15 is 0 Å². The molecule has 1 aromatic carbocycles. The quantitative estimate of drug-likeness (QED) is 0.329. The van der Waals surface area contributed by atoms with Crippen molar-refractivity contribution in [2.24, 2.45) is 5.11 Å². The van der Waals surface area contributed by atoms with Crippen LogP contribution in [0.5, 0.6) is 5.75 Å². The van der Waals surface area contributed by atoms with Crippen LogP contribution >= 0.6 is 0 Å². The summed E-state index contributed by atoms with van der Waals surface area (Å²) in [4.78, 5) is 2.75. The molecule has 0 fully saturated rings. The van der Waals surface area contributed by atoms with E-state index in [0.717, 1.165) is 11.3 Å². The van der Waals surface area contributed by atoms with E-state index in [-0.39, 0.29) is 5.92 Å². The van der Waals surface area contributed by atoms with Crippen LogP contribution in [0.15, 0.2) is 29.4 Å². The molecule has 0 N–H and O–H groups in total. The molecule has 1 aromatic rings. The van der Waals surface area contributed by atoms with E-state index in [1.807, 2.05) is 24.3 Å². The molecule has 82 valence electrons. The lowest BCUT2D eigenvalue weighted by Crippen LogP contribution is -1.99. The summed E-state index contributed by atoms with van der Waals surface area (Å²) in [5.41, 5.74) is 9.33. The molecule has 4 nitrogen and oxygen atoms in total. The van der Waals surface area contributed by atoms with E-state index in [1.54, 1.807) is 14.0 Å². The van der Waals surface area contributed by atoms with Gasteiger partial charge in [-0.3, -0.25) is 0 Å². The summed E-state index contributed by atoms with van der Waals surface area (Å²) in [6.45, 7) is 2.12. The Hall–Kier alpha value is -2.11. The van der Waals surface area contributed by atoms with E-state index in [2.05, 4.69) is 21.9 Å². The molecule has 1 atom stereocenters. The molecule has 0 spiro atoms. The van der Waals surface area contributed by atoms with Crippen molar-refractivity contribution in [2.45, 2.75) is 12.8 Å². The molecule has 16 heavy (non-hydrogen) atoms. The highest BCUT2D eigenvalue weighted by Crippen LogP contribution is 2.19. The third-order valence-corrected chi connectivity index (χ3v) is 2.16. The van der Waals surface area contributed by atoms with Crippen LogP contribution in [0, 0.1) is 11.8 Å². The zero-order chi connectivity index (χ0) is 11.8. The van der Waals surface area contributed by atoms with E-state index in [1.165, 1.54) is 0 Å². The third kappa shape index (κ3) is 3.23. The zero-order valence-electron chi connectivity index (χ0n) is 9.34. The second-order valence-electron chi connectivity index (χ2n) is 3.13. The molecule has 0 heterocycles. The average molecular weight is 215 g/mol. The number of azide groups is 1. The normalized spacial score (nSPS) is 10.6. The minimum atomic E-state index is -0.0493. The lowest BCUT2D eigenvalue weighted by Gasteiger charge is -2.08. The van der Waals surface area contributed by atoms with Gasteiger partial charge in [-0.2, -0.15) is 0 Å². The molecular formula is C12H13N3O. The predicted molar refractivity (Wildman–Crippen MR) is 63.2 cm³/mol. The second-order valence-corrected chi connectivity index (χ2v) is 3.13. The van der Waals surface area contributed by atoms with Gasteiger partial charge < -0.3 is 4.74 Å². The van der Waals surface area contributed by atoms with Crippen LogP contribution in [-0.4, -0.2) is 13.7 Å². The minimum absolute atomic E-state index is 0.0493. The van der Waals surface area contributed by atoms with Gasteiger partial charge >= 0.3 is 0 Å². The summed E-state index contributed by atoms with van der Waals surface area (Å²) in [5.74, 6) is 6.61. The van der Waals surface area contributed by atoms with Gasteiger partial charge in [-0.15, -0.1) is 5.92 Å². The molecule has 0 bridgehead atoms. The van der Waals surface area contributed by atoms with Crippen molar-refractivity contribution in [2.75, 3.05) is 13.7 Å². The number of ether oxygens (including phenoxy) is 1. The first-order chi connectivity index (χ1) is 7.81. The summed E-state index contributed by atoms with van der Waals surface area (Å²) in [5, 5.41) is 3.56. The SMILES string of the molecule is CC#CC(CN=[N+]=[N-])c1ccc(OC)cc1. The first kappa shape index (κ1) is 12.0. The minimum Gasteiger partial charge on any atom is -0.497 e. The van der Waals surface area contributed by atoms with Crippen LogP contribution in [0.2, 0.25) is 0 Å². The molecule has 0 aliphatic carbocycles. The van der Waals surface area contributed by atoms with E-state index in [0.29, 0.717) is 6.54 Å². The second kappa shape index (κ2) is 6.39. The summed E-state index contributed by atoms with van der Waals surface area (Å²) in [6, 6.07) is 7.60. The molecule has 0 radical (unpaired) electrons. The smallest absolute Gasteiger partial charge is 0.118 e. The van der Waals surface area contributed by atoms with Crippen LogP contribution in [0.1, 0.15) is 18.4 Å². The first-order valence-corrected chi connectivity index (χ1v) is 4.89. The van der Waals surface area contributed by atoms with Gasteiger partial charge in [0.1, 0.15) is 5.75 Å². The molecule has 0 saturated heterocycles. The molecule has 4 heteroatoms. The fourth-order valence-electron chi connectivity index (χ4n) is 1.36. The van der Waals surface area contributed by atoms with Crippen molar-refractivity contribution in [1.82, 2.24) is 0 Å². The maximum absolute atomic E-state index is 8.30. The molecule has 0 aliphatic heterocycles. The highest BCUT2D eigenvalue weighted by atomic mass is 16.5. The summed E-state index contributed by atoms with van der Waals surface area (Å²) < 4.78 is 5.07. The van der Waals surface area contributed by atoms with E-state index < -0.39 is 0 Å². The van der Waals surface area contributed by atoms with Crippen molar-refractivity contribution in [3.05, 3.63) is 40.3 Å². The van der Waals surface area contributed by atoms with Gasteiger partial charge in [-0.25, -0.2) is 0 Å². The largest absolute Gasteiger partial charge is 0.497 e. The standard InChI is InChI=1S/C12H13N3O/c1-3-4-11(9-14-15-13)10-5-7-12(16-2)8-6-10/h5-8,11H,9H2,1-2H3. The molecule has 0 aromatic heterocycles. The maximum atomic E-state index is 8.30. The highest BCUT2D eigenvalue weighted by Gasteiger charge is 2.06. The maximum Gasteiger partial charge on any atom is 0.118 e. The number of nitrogens with zero attached hydrogens (tertiary/aromatic N) is 3. The van der Waals surface area contributed by atoms with E-state index in [9.17, 15) is 0 Å². The van der Waals surface area contributed by atoms with Gasteiger partial charge in [-0.1, -0.05) is 23.2 Å². The highest BCUT2D eigenvalue weighted by molar-refractivity contribution is 5.33. The Kier molecular flexibility index (Phi) is 4.78. The molecular weight excluding hydrogens is 202 g/mol. The fourth-order valence-corrected chi connectivity index (χ4v) is 1.36. The number of benzene rings is 1. The van der Waals surface area contributed by atoms with Gasteiger partial charge in [0.2, 0.25) is 0 Å². The molecule has 1 rings (SSSR count). The van der Waals surface area contributed by atoms with E-state index in [4.69, 9.17) is 10.3 Å². The Morgan fingerprint density at radius 1 is 1.44 bits per heavy atom. The summed E-state index contributed by atoms with van der Waals surface area (Å²) in [7, 11) is 1.62. The Balaban J connectivity index is 2.90. The lowest BCUT2D eigenvalue weighted by atomic mass is 10.00. The van der Waals surface area contributed by atoms with Crippen LogP contribution in [0.4, 0.5) is 0 Å². The van der Waals surface area contributed by atoms with Gasteiger partial charge in [0.05, 0.1) is 13.0 Å². The van der Waals surface area contributed by atoms with Crippen LogP contribution < -0.4 is 4.74 Å². The van der Waals surface area contributed by atoms with Crippen LogP contribution in [-0.2, 0) is 0 Å². The van der Waals surface area contributed by atoms with Crippen LogP contribution in [0.25, 0.3) is 10.4 Å². The fraction of sp³-hybridized carbons (Fsp3) is 0.333. The molecule has 0 saturated carbocycles. The van der Waals surface area contributed by atoms with Crippen molar-refractivity contribution in [1.29, 1.82) is 0 Å². The topological polar surface area (TPSA) is 58.0 Å². The summed E-state index contributed by atoms with van der Waals surface area (Å²) in [6.07, 6.45) is 0. The van der Waals surface area contributed by atoms with Gasteiger partial charge in [0, 0.05) is 11.5 Å². The average Bonchev–Trinajstić information content (AvgIpc) is 2.35. The molecule has 0 amide bonds. The monoisotopic (exact) mass is 215 g/mol. The Morgan fingerprint density at radius 3 is 2.62 bits per heavy atom. The lowest BCUT2D eigenvalue weighted by molar-refractivity contribution is 0.414.